The summed E-state index contributed by atoms with van der Waals surface area (Å²) in [5.41, 5.74) is 3.15. The molecule has 3 rings (SSSR count). The number of amides is 1. The maximum Gasteiger partial charge on any atom is 0.347 e. The second-order valence-corrected chi connectivity index (χ2v) is 10.6. The first-order chi connectivity index (χ1) is 17.3. The molecule has 1 aliphatic rings. The van der Waals surface area contributed by atoms with Gasteiger partial charge < -0.3 is 14.6 Å². The van der Waals surface area contributed by atoms with Crippen LogP contribution in [0.5, 0.6) is 0 Å². The van der Waals surface area contributed by atoms with Gasteiger partial charge in [-0.25, -0.2) is 9.59 Å². The van der Waals surface area contributed by atoms with Crippen LogP contribution in [0.25, 0.3) is 0 Å². The Morgan fingerprint density at radius 3 is 2.05 bits per heavy atom. The molecule has 1 unspecified atom stereocenters. The number of carbonyl (C=O) groups is 3. The van der Waals surface area contributed by atoms with Crippen LogP contribution in [0, 0.1) is 5.41 Å². The summed E-state index contributed by atoms with van der Waals surface area (Å²) in [5.74, 6) is -3.21. The molecular formula is C29H36N2O6. The molecule has 0 saturated heterocycles. The highest BCUT2D eigenvalue weighted by Gasteiger charge is 2.38. The van der Waals surface area contributed by atoms with E-state index < -0.39 is 29.8 Å². The van der Waals surface area contributed by atoms with Crippen LogP contribution in [0.2, 0.25) is 0 Å². The lowest BCUT2D eigenvalue weighted by Crippen LogP contribution is -2.39. The Hall–Kier alpha value is -3.68. The number of ether oxygens (including phenoxy) is 2. The van der Waals surface area contributed by atoms with Crippen LogP contribution >= 0.6 is 0 Å². The minimum atomic E-state index is -1.09. The summed E-state index contributed by atoms with van der Waals surface area (Å²) in [6.45, 7) is 12.3. The van der Waals surface area contributed by atoms with E-state index in [1.54, 1.807) is 13.8 Å². The first-order valence-corrected chi connectivity index (χ1v) is 12.6. The number of fused-ring (bicyclic) bond motifs is 1. The number of nitrogens with zero attached hydrogens (tertiary/aromatic N) is 1. The second kappa shape index (κ2) is 10.7. The number of esters is 1. The van der Waals surface area contributed by atoms with Crippen molar-refractivity contribution < 1.29 is 29.0 Å². The molecule has 0 aromatic heterocycles. The van der Waals surface area contributed by atoms with Gasteiger partial charge in [0.2, 0.25) is 0 Å². The van der Waals surface area contributed by atoms with Gasteiger partial charge in [0, 0.05) is 11.4 Å². The van der Waals surface area contributed by atoms with Gasteiger partial charge in [-0.15, -0.1) is 0 Å². The maximum absolute atomic E-state index is 13.7. The lowest BCUT2D eigenvalue weighted by Gasteiger charge is -2.42. The molecule has 1 amide bonds. The molecule has 37 heavy (non-hydrogen) atoms. The molecule has 0 spiro atoms. The highest BCUT2D eigenvalue weighted by molar-refractivity contribution is 6.41. The van der Waals surface area contributed by atoms with Crippen molar-refractivity contribution in [3.63, 3.8) is 0 Å². The summed E-state index contributed by atoms with van der Waals surface area (Å²) in [5, 5.41) is 17.7. The normalized spacial score (nSPS) is 16.2. The average Bonchev–Trinajstić information content (AvgIpc) is 2.85. The van der Waals surface area contributed by atoms with Gasteiger partial charge in [-0.1, -0.05) is 40.7 Å². The van der Waals surface area contributed by atoms with Gasteiger partial charge in [-0.3, -0.25) is 15.1 Å². The zero-order valence-electron chi connectivity index (χ0n) is 22.4. The summed E-state index contributed by atoms with van der Waals surface area (Å²) >= 11 is 0. The number of rotatable bonds is 7. The van der Waals surface area contributed by atoms with Crippen molar-refractivity contribution in [2.75, 3.05) is 11.5 Å². The van der Waals surface area contributed by atoms with Crippen molar-refractivity contribution in [3.05, 3.63) is 59.2 Å². The number of nitrogens with one attached hydrogen (secondary N) is 1. The molecule has 0 saturated carbocycles. The number of carbonyl (C=O) groups excluding carboxylic acids is 2. The van der Waals surface area contributed by atoms with E-state index in [0.29, 0.717) is 11.4 Å². The largest absolute Gasteiger partial charge is 0.478 e. The molecule has 198 valence electrons. The Morgan fingerprint density at radius 2 is 1.51 bits per heavy atom. The molecule has 0 radical (unpaired) electrons. The van der Waals surface area contributed by atoms with Crippen LogP contribution in [0.15, 0.2) is 42.5 Å². The molecule has 0 heterocycles. The van der Waals surface area contributed by atoms with Crippen LogP contribution < -0.4 is 4.90 Å². The van der Waals surface area contributed by atoms with Crippen LogP contribution in [0.3, 0.4) is 0 Å². The predicted octanol–water partition coefficient (Wildman–Crippen LogP) is 5.73. The summed E-state index contributed by atoms with van der Waals surface area (Å²) < 4.78 is 10.5. The van der Waals surface area contributed by atoms with Crippen LogP contribution in [-0.4, -0.2) is 41.6 Å². The number of hydrogen-bond acceptors (Lipinski definition) is 6. The molecule has 2 N–H and O–H groups in total. The van der Waals surface area contributed by atoms with E-state index in [-0.39, 0.29) is 29.4 Å². The van der Waals surface area contributed by atoms with Gasteiger partial charge in [-0.2, -0.15) is 0 Å². The van der Waals surface area contributed by atoms with Gasteiger partial charge in [0.15, 0.2) is 6.10 Å². The Balaban J connectivity index is 2.08. The molecule has 8 heteroatoms. The molecule has 8 nitrogen and oxygen atoms in total. The molecule has 0 bridgehead atoms. The SMILES string of the molecule is CCOC(=O)C(CC)OC(=N)C(=O)N(c1ccc(C(=O)O)cc1)c1ccc2c(c1)C(C)(C)CCC2(C)C. The lowest BCUT2D eigenvalue weighted by molar-refractivity contribution is -0.152. The monoisotopic (exact) mass is 508 g/mol. The Bertz CT molecular complexity index is 1200. The van der Waals surface area contributed by atoms with E-state index in [2.05, 4.69) is 27.7 Å². The van der Waals surface area contributed by atoms with Crippen molar-refractivity contribution >= 4 is 35.1 Å². The van der Waals surface area contributed by atoms with E-state index in [9.17, 15) is 19.5 Å². The molecule has 0 aliphatic heterocycles. The smallest absolute Gasteiger partial charge is 0.347 e. The van der Waals surface area contributed by atoms with Crippen LogP contribution in [-0.2, 0) is 29.9 Å². The van der Waals surface area contributed by atoms with Crippen molar-refractivity contribution in [3.8, 4) is 0 Å². The number of aromatic carboxylic acids is 1. The fraction of sp³-hybridized carbons (Fsp3) is 0.448. The molecule has 2 aromatic rings. The summed E-state index contributed by atoms with van der Waals surface area (Å²) in [6, 6.07) is 11.7. The Morgan fingerprint density at radius 1 is 0.946 bits per heavy atom. The lowest BCUT2D eigenvalue weighted by atomic mass is 9.63. The number of carboxylic acids is 1. The topological polar surface area (TPSA) is 117 Å². The van der Waals surface area contributed by atoms with Gasteiger partial charge >= 0.3 is 17.8 Å². The maximum atomic E-state index is 13.7. The van der Waals surface area contributed by atoms with Crippen molar-refractivity contribution in [1.29, 1.82) is 5.41 Å². The standard InChI is InChI=1S/C29H36N2O6/c1-7-23(27(35)36-8-2)37-24(30)25(32)31(19-11-9-18(10-12-19)26(33)34)20-13-14-21-22(17-20)29(5,6)16-15-28(21,3)4/h9-14,17,23,30H,7-8,15-16H2,1-6H3,(H,33,34). The number of benzene rings is 2. The molecule has 0 fully saturated rings. The minimum absolute atomic E-state index is 0.0227. The van der Waals surface area contributed by atoms with Gasteiger partial charge in [0.25, 0.3) is 5.90 Å². The summed E-state index contributed by atoms with van der Waals surface area (Å²) in [4.78, 5) is 38.6. The van der Waals surface area contributed by atoms with Crippen molar-refractivity contribution in [2.24, 2.45) is 0 Å². The van der Waals surface area contributed by atoms with Crippen molar-refractivity contribution in [2.45, 2.75) is 77.7 Å². The van der Waals surface area contributed by atoms with Gasteiger partial charge in [-0.05, 0) is 84.5 Å². The number of anilines is 2. The zero-order valence-corrected chi connectivity index (χ0v) is 22.4. The molecule has 2 aromatic carbocycles. The third-order valence-electron chi connectivity index (χ3n) is 7.04. The van der Waals surface area contributed by atoms with Gasteiger partial charge in [0.1, 0.15) is 0 Å². The Kier molecular flexibility index (Phi) is 8.10. The zero-order chi connectivity index (χ0) is 27.5. The predicted molar refractivity (Wildman–Crippen MR) is 142 cm³/mol. The highest BCUT2D eigenvalue weighted by atomic mass is 16.6. The highest BCUT2D eigenvalue weighted by Crippen LogP contribution is 2.47. The molecule has 1 aliphatic carbocycles. The van der Waals surface area contributed by atoms with Crippen molar-refractivity contribution in [1.82, 2.24) is 0 Å². The Labute approximate surface area is 218 Å². The fourth-order valence-electron chi connectivity index (χ4n) is 4.68. The fourth-order valence-corrected chi connectivity index (χ4v) is 4.68. The molecule has 1 atom stereocenters. The number of carboxylic acid groups (broad SMARTS) is 1. The van der Waals surface area contributed by atoms with E-state index >= 15 is 0 Å². The average molecular weight is 509 g/mol. The molecular weight excluding hydrogens is 472 g/mol. The summed E-state index contributed by atoms with van der Waals surface area (Å²) in [7, 11) is 0. The second-order valence-electron chi connectivity index (χ2n) is 10.6. The van der Waals surface area contributed by atoms with Crippen LogP contribution in [0.4, 0.5) is 11.4 Å². The van der Waals surface area contributed by atoms with E-state index in [4.69, 9.17) is 14.9 Å². The van der Waals surface area contributed by atoms with E-state index in [1.807, 2.05) is 18.2 Å². The van der Waals surface area contributed by atoms with E-state index in [1.165, 1.54) is 34.7 Å². The van der Waals surface area contributed by atoms with E-state index in [0.717, 1.165) is 18.4 Å². The summed E-state index contributed by atoms with van der Waals surface area (Å²) in [6.07, 6.45) is 1.16. The quantitative estimate of drug-likeness (QED) is 0.280. The third-order valence-corrected chi connectivity index (χ3v) is 7.04. The first kappa shape index (κ1) is 27.9. The van der Waals surface area contributed by atoms with Crippen LogP contribution in [0.1, 0.15) is 82.3 Å². The number of hydrogen-bond donors (Lipinski definition) is 2. The minimum Gasteiger partial charge on any atom is -0.478 e. The third kappa shape index (κ3) is 5.84. The van der Waals surface area contributed by atoms with Gasteiger partial charge in [0.05, 0.1) is 12.2 Å². The first-order valence-electron chi connectivity index (χ1n) is 12.6.